The van der Waals surface area contributed by atoms with Crippen LogP contribution in [0.4, 0.5) is 0 Å². The van der Waals surface area contributed by atoms with Gasteiger partial charge in [0.05, 0.1) is 0 Å². The van der Waals surface area contributed by atoms with Crippen LogP contribution in [0.3, 0.4) is 0 Å². The predicted molar refractivity (Wildman–Crippen MR) is 34.2 cm³/mol. The molecule has 0 aromatic heterocycles. The minimum absolute atomic E-state index is 0. The Kier molecular flexibility index (Phi) is 152. The van der Waals surface area contributed by atoms with Crippen LogP contribution in [-0.2, 0) is 9.59 Å². The van der Waals surface area contributed by atoms with Gasteiger partial charge in [0, 0.05) is 31.1 Å². The zero-order chi connectivity index (χ0) is 8.83. The third kappa shape index (κ3) is 147. The Balaban J connectivity index is -0.0000000198. The molecule has 0 amide bonds. The van der Waals surface area contributed by atoms with E-state index >= 15 is 0 Å². The molecule has 7 heteroatoms. The van der Waals surface area contributed by atoms with Gasteiger partial charge in [-0.25, -0.2) is 7.11 Å². The molecule has 0 fully saturated rings. The van der Waals surface area contributed by atoms with E-state index in [1.165, 1.54) is 12.2 Å². The summed E-state index contributed by atoms with van der Waals surface area (Å²) in [5.41, 5.74) is 0. The van der Waals surface area contributed by atoms with Gasteiger partial charge in [0.25, 0.3) is 0 Å². The van der Waals surface area contributed by atoms with E-state index in [1.807, 2.05) is 0 Å². The van der Waals surface area contributed by atoms with Gasteiger partial charge in [0.1, 0.15) is 0 Å². The maximum atomic E-state index is 8.82. The fourth-order valence-corrected chi connectivity index (χ4v) is 0. The van der Waals surface area contributed by atoms with Crippen LogP contribution in [-0.4, -0.2) is 17.3 Å². The molecule has 1 N–H and O–H groups in total. The van der Waals surface area contributed by atoms with Crippen molar-refractivity contribution in [2.75, 3.05) is 0 Å². The van der Waals surface area contributed by atoms with Crippen molar-refractivity contribution in [3.63, 3.8) is 0 Å². The summed E-state index contributed by atoms with van der Waals surface area (Å²) in [6, 6.07) is 0. The quantitative estimate of drug-likeness (QED) is 0.242. The van der Waals surface area contributed by atoms with Crippen LogP contribution in [0.1, 0.15) is 0 Å². The first kappa shape index (κ1) is 29.4. The van der Waals surface area contributed by atoms with Gasteiger partial charge in [0.2, 0.25) is 0 Å². The number of aliphatic hydroxyl groups excluding tert-OH is 1. The SMILES string of the molecule is [CH2-]N=C=O.[CH2-]N=C=O.[CH2-]O.[U+2].[U]. The van der Waals surface area contributed by atoms with Crippen molar-refractivity contribution in [3.05, 3.63) is 21.2 Å². The molecule has 0 aliphatic rings. The fourth-order valence-electron chi connectivity index (χ4n) is 0. The first-order valence-corrected chi connectivity index (χ1v) is 1.80. The molecule has 0 saturated heterocycles. The minimum Gasteiger partial charge on any atom is -0.569 e. The molecule has 5 nitrogen and oxygen atoms in total. The van der Waals surface area contributed by atoms with Gasteiger partial charge in [-0.3, -0.25) is 0 Å². The summed E-state index contributed by atoms with van der Waals surface area (Å²) < 4.78 is 0. The van der Waals surface area contributed by atoms with Crippen molar-refractivity contribution >= 4 is 12.2 Å². The third-order valence-corrected chi connectivity index (χ3v) is 0.129. The largest absolute Gasteiger partial charge is 2.00 e. The predicted octanol–water partition coefficient (Wildman–Crippen LogP) is 0.378. The average Bonchev–Trinajstić information content (AvgIpc) is 2.08. The zero-order valence-corrected chi connectivity index (χ0v) is 14.6. The van der Waals surface area contributed by atoms with E-state index in [2.05, 4.69) is 31.2 Å². The summed E-state index contributed by atoms with van der Waals surface area (Å²) in [6.45, 7) is 0. The Morgan fingerprint density at radius 3 is 1.08 bits per heavy atom. The van der Waals surface area contributed by atoms with Crippen LogP contribution in [0.5, 0.6) is 0 Å². The topological polar surface area (TPSA) is 79.1 Å². The summed E-state index contributed by atoms with van der Waals surface area (Å²) in [5, 5.41) is 6.75. The molecule has 0 aliphatic heterocycles. The Bertz CT molecular complexity index is 115. The van der Waals surface area contributed by atoms with Crippen LogP contribution in [0.15, 0.2) is 9.98 Å². The molecule has 0 heterocycles. The smallest absolute Gasteiger partial charge is 0.569 e. The Hall–Kier alpha value is 0.564. The zero-order valence-electron chi connectivity index (χ0n) is 6.28. The first-order chi connectivity index (χ1) is 4.83. The molecular formula is C5H7N2O3U2-. The molecule has 0 spiro atoms. The molecular weight excluding hydrogens is 612 g/mol. The monoisotopic (exact) mass is 619 g/mol. The van der Waals surface area contributed by atoms with Crippen LogP contribution in [0.25, 0.3) is 0 Å². The van der Waals surface area contributed by atoms with Gasteiger partial charge in [0.15, 0.2) is 0 Å². The van der Waals surface area contributed by atoms with E-state index in [4.69, 9.17) is 14.7 Å². The second kappa shape index (κ2) is 62.0. The number of rotatable bonds is 0. The molecule has 0 rings (SSSR count). The molecule has 0 saturated carbocycles. The number of aliphatic imine (C=N–C) groups is 2. The van der Waals surface area contributed by atoms with Crippen molar-refractivity contribution in [1.29, 1.82) is 0 Å². The van der Waals surface area contributed by atoms with Gasteiger partial charge in [-0.15, -0.1) is 0 Å². The van der Waals surface area contributed by atoms with E-state index in [1.54, 1.807) is 0 Å². The van der Waals surface area contributed by atoms with Gasteiger partial charge in [-0.05, 0) is 12.2 Å². The number of carbonyl (C=O) groups excluding carboxylic acids is 2. The van der Waals surface area contributed by atoms with Gasteiger partial charge in [-0.1, -0.05) is 0 Å². The summed E-state index contributed by atoms with van der Waals surface area (Å²) in [4.78, 5) is 23.0. The van der Waals surface area contributed by atoms with E-state index in [-0.39, 0.29) is 62.2 Å². The molecule has 0 aromatic carbocycles. The van der Waals surface area contributed by atoms with Gasteiger partial charge >= 0.3 is 31.1 Å². The van der Waals surface area contributed by atoms with Crippen LogP contribution < -0.4 is 0 Å². The number of nitrogens with zero attached hydrogens (tertiary/aromatic N) is 2. The second-order valence-corrected chi connectivity index (χ2v) is 0.499. The standard InChI is InChI=1S/2C2H2NO.CH3O.2U/c2*1-3-2-4;1-2;;/h2*1H2;2H,1H2;;/q3*-1;;+2. The van der Waals surface area contributed by atoms with Crippen molar-refractivity contribution in [1.82, 2.24) is 0 Å². The van der Waals surface area contributed by atoms with Crippen molar-refractivity contribution in [3.8, 4) is 0 Å². The number of hydrogen-bond donors (Lipinski definition) is 1. The Labute approximate surface area is 119 Å². The number of isocyanates is 2. The second-order valence-electron chi connectivity index (χ2n) is 0.499. The minimum atomic E-state index is 0. The van der Waals surface area contributed by atoms with E-state index in [0.29, 0.717) is 0 Å². The molecule has 0 bridgehead atoms. The van der Waals surface area contributed by atoms with Crippen LogP contribution in [0.2, 0.25) is 0 Å². The first-order valence-electron chi connectivity index (χ1n) is 1.80. The summed E-state index contributed by atoms with van der Waals surface area (Å²) in [7, 11) is 7.86. The summed E-state index contributed by atoms with van der Waals surface area (Å²) in [5.74, 6) is 0. The van der Waals surface area contributed by atoms with Crippen LogP contribution in [0, 0.1) is 83.4 Å². The van der Waals surface area contributed by atoms with Crippen LogP contribution >= 0.6 is 0 Å². The van der Waals surface area contributed by atoms with E-state index < -0.39 is 0 Å². The molecule has 12 heavy (non-hydrogen) atoms. The van der Waals surface area contributed by atoms with Crippen molar-refractivity contribution in [2.45, 2.75) is 0 Å². The number of aliphatic hydroxyl groups is 1. The molecule has 0 atom stereocenters. The molecule has 0 aliphatic carbocycles. The number of hydrogen-bond acceptors (Lipinski definition) is 5. The van der Waals surface area contributed by atoms with E-state index in [9.17, 15) is 0 Å². The molecule has 64 valence electrons. The maximum Gasteiger partial charge on any atom is 2.00 e. The average molecular weight is 619 g/mol. The summed E-state index contributed by atoms with van der Waals surface area (Å²) >= 11 is 0. The van der Waals surface area contributed by atoms with E-state index in [0.717, 1.165) is 0 Å². The molecule has 0 radical (unpaired) electrons. The van der Waals surface area contributed by atoms with Crippen molar-refractivity contribution in [2.24, 2.45) is 9.98 Å². The Morgan fingerprint density at radius 2 is 1.08 bits per heavy atom. The Morgan fingerprint density at radius 1 is 1.00 bits per heavy atom. The fraction of sp³-hybridized carbons (Fsp3) is 0. The summed E-state index contributed by atoms with van der Waals surface area (Å²) in [6.07, 6.45) is 2.39. The van der Waals surface area contributed by atoms with Gasteiger partial charge < -0.3 is 24.7 Å². The maximum absolute atomic E-state index is 8.82. The molecule has 0 unspecified atom stereocenters. The normalized spacial score (nSPS) is 3.17. The molecule has 0 aromatic rings. The third-order valence-electron chi connectivity index (χ3n) is 0.129. The van der Waals surface area contributed by atoms with Crippen molar-refractivity contribution < 1.29 is 76.9 Å². The van der Waals surface area contributed by atoms with Gasteiger partial charge in [-0.2, -0.15) is 14.1 Å².